The van der Waals surface area contributed by atoms with Crippen LogP contribution in [0.1, 0.15) is 32.8 Å². The molecular weight excluding hydrogens is 248 g/mol. The molecule has 0 amide bonds. The molecule has 1 aliphatic rings. The molecule has 0 N–H and O–H groups in total. The molecule has 2 nitrogen and oxygen atoms in total. The van der Waals surface area contributed by atoms with Crippen molar-refractivity contribution in [3.05, 3.63) is 48.1 Å². The van der Waals surface area contributed by atoms with Crippen LogP contribution in [0, 0.1) is 5.41 Å². The molecule has 0 radical (unpaired) electrons. The van der Waals surface area contributed by atoms with Crippen molar-refractivity contribution in [3.8, 4) is 5.75 Å². The third-order valence-electron chi connectivity index (χ3n) is 3.96. The van der Waals surface area contributed by atoms with E-state index in [2.05, 4.69) is 44.2 Å². The van der Waals surface area contributed by atoms with Gasteiger partial charge in [-0.05, 0) is 43.5 Å². The van der Waals surface area contributed by atoms with Crippen LogP contribution in [-0.4, -0.2) is 19.8 Å². The van der Waals surface area contributed by atoms with Crippen LogP contribution in [0.5, 0.6) is 5.75 Å². The van der Waals surface area contributed by atoms with E-state index in [0.717, 1.165) is 32.0 Å². The Balaban J connectivity index is 1.98. The van der Waals surface area contributed by atoms with Crippen molar-refractivity contribution >= 4 is 5.57 Å². The van der Waals surface area contributed by atoms with Gasteiger partial charge in [-0.3, -0.25) is 0 Å². The van der Waals surface area contributed by atoms with Crippen LogP contribution in [0.15, 0.2) is 42.5 Å². The molecule has 1 aliphatic heterocycles. The van der Waals surface area contributed by atoms with Crippen molar-refractivity contribution in [3.63, 3.8) is 0 Å². The highest BCUT2D eigenvalue weighted by molar-refractivity contribution is 5.73. The maximum Gasteiger partial charge on any atom is 0.119 e. The van der Waals surface area contributed by atoms with Gasteiger partial charge in [-0.25, -0.2) is 0 Å². The first-order valence-corrected chi connectivity index (χ1v) is 7.33. The second kappa shape index (κ2) is 6.76. The zero-order chi connectivity index (χ0) is 14.4. The maximum absolute atomic E-state index is 5.92. The Morgan fingerprint density at radius 2 is 1.95 bits per heavy atom. The summed E-state index contributed by atoms with van der Waals surface area (Å²) in [5, 5.41) is 0. The van der Waals surface area contributed by atoms with Crippen molar-refractivity contribution in [2.24, 2.45) is 5.41 Å². The highest BCUT2D eigenvalue weighted by Gasteiger charge is 2.37. The van der Waals surface area contributed by atoms with Gasteiger partial charge in [0, 0.05) is 0 Å². The first-order chi connectivity index (χ1) is 9.73. The van der Waals surface area contributed by atoms with Crippen LogP contribution < -0.4 is 4.74 Å². The van der Waals surface area contributed by atoms with Crippen LogP contribution in [0.25, 0.3) is 5.57 Å². The van der Waals surface area contributed by atoms with Gasteiger partial charge in [0.2, 0.25) is 0 Å². The fraction of sp³-hybridized carbons (Fsp3) is 0.444. The minimum absolute atomic E-state index is 0.234. The second-order valence-electron chi connectivity index (χ2n) is 5.40. The monoisotopic (exact) mass is 272 g/mol. The molecule has 0 saturated carbocycles. The lowest BCUT2D eigenvalue weighted by Crippen LogP contribution is -2.46. The van der Waals surface area contributed by atoms with Gasteiger partial charge in [-0.1, -0.05) is 37.3 Å². The van der Waals surface area contributed by atoms with Crippen LogP contribution in [0.2, 0.25) is 0 Å². The van der Waals surface area contributed by atoms with Crippen molar-refractivity contribution in [2.75, 3.05) is 19.8 Å². The lowest BCUT2D eigenvalue weighted by atomic mass is 9.84. The van der Waals surface area contributed by atoms with Crippen LogP contribution in [0.4, 0.5) is 0 Å². The number of benzene rings is 1. The predicted molar refractivity (Wildman–Crippen MR) is 83.9 cm³/mol. The molecule has 0 unspecified atom stereocenters. The predicted octanol–water partition coefficient (Wildman–Crippen LogP) is 4.47. The molecule has 1 aromatic carbocycles. The summed E-state index contributed by atoms with van der Waals surface area (Å²) in [6, 6.07) is 8.32. The quantitative estimate of drug-likeness (QED) is 0.711. The smallest absolute Gasteiger partial charge is 0.119 e. The zero-order valence-electron chi connectivity index (χ0n) is 12.7. The molecule has 1 fully saturated rings. The van der Waals surface area contributed by atoms with E-state index in [1.165, 1.54) is 11.1 Å². The molecular formula is C18H24O2. The summed E-state index contributed by atoms with van der Waals surface area (Å²) in [6.07, 6.45) is 7.40. The van der Waals surface area contributed by atoms with Gasteiger partial charge in [-0.15, -0.1) is 0 Å². The highest BCUT2D eigenvalue weighted by atomic mass is 16.5. The molecule has 0 bridgehead atoms. The summed E-state index contributed by atoms with van der Waals surface area (Å²) in [6.45, 7) is 8.68. The number of hydrogen-bond donors (Lipinski definition) is 0. The van der Waals surface area contributed by atoms with E-state index in [0.29, 0.717) is 0 Å². The summed E-state index contributed by atoms with van der Waals surface area (Å²) in [5.41, 5.74) is 2.68. The summed E-state index contributed by atoms with van der Waals surface area (Å²) in [7, 11) is 0. The average Bonchev–Trinajstić information content (AvgIpc) is 2.45. The molecule has 2 rings (SSSR count). The van der Waals surface area contributed by atoms with Gasteiger partial charge >= 0.3 is 0 Å². The van der Waals surface area contributed by atoms with Gasteiger partial charge < -0.3 is 9.47 Å². The van der Waals surface area contributed by atoms with Gasteiger partial charge in [-0.2, -0.15) is 0 Å². The molecule has 2 heteroatoms. The fourth-order valence-corrected chi connectivity index (χ4v) is 2.30. The normalized spacial score (nSPS) is 18.1. The molecule has 0 spiro atoms. The SMILES string of the molecule is C/C=C\C(=C/C)c1ccc(OCC2(CC)COC2)cc1. The summed E-state index contributed by atoms with van der Waals surface area (Å²) >= 11 is 0. The largest absolute Gasteiger partial charge is 0.493 e. The van der Waals surface area contributed by atoms with Crippen molar-refractivity contribution in [1.82, 2.24) is 0 Å². The Bertz CT molecular complexity index is 473. The topological polar surface area (TPSA) is 18.5 Å². The molecule has 20 heavy (non-hydrogen) atoms. The zero-order valence-corrected chi connectivity index (χ0v) is 12.7. The Morgan fingerprint density at radius 1 is 1.25 bits per heavy atom. The van der Waals surface area contributed by atoms with E-state index in [-0.39, 0.29) is 5.41 Å². The minimum atomic E-state index is 0.234. The van der Waals surface area contributed by atoms with E-state index in [4.69, 9.17) is 9.47 Å². The van der Waals surface area contributed by atoms with Crippen molar-refractivity contribution in [1.29, 1.82) is 0 Å². The molecule has 108 valence electrons. The summed E-state index contributed by atoms with van der Waals surface area (Å²) in [4.78, 5) is 0. The first kappa shape index (κ1) is 14.9. The molecule has 1 heterocycles. The average molecular weight is 272 g/mol. The number of ether oxygens (including phenoxy) is 2. The van der Waals surface area contributed by atoms with Crippen LogP contribution in [-0.2, 0) is 4.74 Å². The van der Waals surface area contributed by atoms with Crippen molar-refractivity contribution < 1.29 is 9.47 Å². The van der Waals surface area contributed by atoms with E-state index in [1.54, 1.807) is 0 Å². The van der Waals surface area contributed by atoms with Gasteiger partial charge in [0.25, 0.3) is 0 Å². The van der Waals surface area contributed by atoms with Gasteiger partial charge in [0.05, 0.1) is 25.2 Å². The summed E-state index contributed by atoms with van der Waals surface area (Å²) < 4.78 is 11.2. The fourth-order valence-electron chi connectivity index (χ4n) is 2.30. The third-order valence-corrected chi connectivity index (χ3v) is 3.96. The van der Waals surface area contributed by atoms with Crippen LogP contribution >= 0.6 is 0 Å². The number of allylic oxidation sites excluding steroid dienone is 4. The first-order valence-electron chi connectivity index (χ1n) is 7.33. The lowest BCUT2D eigenvalue weighted by Gasteiger charge is -2.40. The Labute approximate surface area is 122 Å². The Morgan fingerprint density at radius 3 is 2.40 bits per heavy atom. The summed E-state index contributed by atoms with van der Waals surface area (Å²) in [5.74, 6) is 0.935. The van der Waals surface area contributed by atoms with E-state index in [1.807, 2.05) is 19.1 Å². The Kier molecular flexibility index (Phi) is 5.02. The van der Waals surface area contributed by atoms with Gasteiger partial charge in [0.1, 0.15) is 5.75 Å². The molecule has 0 aliphatic carbocycles. The van der Waals surface area contributed by atoms with Crippen molar-refractivity contribution in [2.45, 2.75) is 27.2 Å². The van der Waals surface area contributed by atoms with E-state index in [9.17, 15) is 0 Å². The van der Waals surface area contributed by atoms with E-state index < -0.39 is 0 Å². The Hall–Kier alpha value is -1.54. The molecule has 0 aromatic heterocycles. The van der Waals surface area contributed by atoms with Gasteiger partial charge in [0.15, 0.2) is 0 Å². The highest BCUT2D eigenvalue weighted by Crippen LogP contribution is 2.32. The lowest BCUT2D eigenvalue weighted by molar-refractivity contribution is -0.133. The standard InChI is InChI=1S/C18H24O2/c1-4-7-15(5-2)16-8-10-17(11-9-16)20-14-18(6-3)12-19-13-18/h4-5,7-11H,6,12-14H2,1-3H3/b7-4-,15-5+. The molecule has 1 saturated heterocycles. The minimum Gasteiger partial charge on any atom is -0.493 e. The number of hydrogen-bond acceptors (Lipinski definition) is 2. The van der Waals surface area contributed by atoms with E-state index >= 15 is 0 Å². The second-order valence-corrected chi connectivity index (χ2v) is 5.40. The molecule has 0 atom stereocenters. The number of rotatable bonds is 6. The molecule has 1 aromatic rings. The van der Waals surface area contributed by atoms with Crippen LogP contribution in [0.3, 0.4) is 0 Å². The maximum atomic E-state index is 5.92. The third kappa shape index (κ3) is 3.31.